The van der Waals surface area contributed by atoms with Crippen molar-refractivity contribution in [3.05, 3.63) is 35.6 Å². The van der Waals surface area contributed by atoms with Gasteiger partial charge >= 0.3 is 0 Å². The highest BCUT2D eigenvalue weighted by molar-refractivity contribution is 5.76. The number of amides is 1. The van der Waals surface area contributed by atoms with E-state index < -0.39 is 0 Å². The summed E-state index contributed by atoms with van der Waals surface area (Å²) >= 11 is 0. The maximum Gasteiger partial charge on any atom is 0.222 e. The molecule has 0 spiro atoms. The number of carbonyl (C=O) groups is 1. The third kappa shape index (κ3) is 4.44. The van der Waals surface area contributed by atoms with Crippen LogP contribution in [0, 0.1) is 17.7 Å². The SMILES string of the molecule is CO[C@@H]1C[C@H]2CN(C(=O)CCCc3ccc(F)cc3)C[C@H]2C[C@H]1N(C)C. The number of ether oxygens (including phenoxy) is 1. The summed E-state index contributed by atoms with van der Waals surface area (Å²) in [4.78, 5) is 16.9. The van der Waals surface area contributed by atoms with Gasteiger partial charge in [0.15, 0.2) is 0 Å². The third-order valence-electron chi connectivity index (χ3n) is 6.17. The van der Waals surface area contributed by atoms with Crippen molar-refractivity contribution in [1.29, 1.82) is 0 Å². The number of benzene rings is 1. The summed E-state index contributed by atoms with van der Waals surface area (Å²) < 4.78 is 18.7. The van der Waals surface area contributed by atoms with Crippen LogP contribution in [-0.4, -0.2) is 62.1 Å². The minimum Gasteiger partial charge on any atom is -0.380 e. The molecule has 4 atom stereocenters. The summed E-state index contributed by atoms with van der Waals surface area (Å²) in [5.74, 6) is 1.21. The molecule has 0 N–H and O–H groups in total. The van der Waals surface area contributed by atoms with E-state index in [9.17, 15) is 9.18 Å². The van der Waals surface area contributed by atoms with E-state index in [2.05, 4.69) is 23.9 Å². The smallest absolute Gasteiger partial charge is 0.222 e. The Hall–Kier alpha value is -1.46. The number of rotatable bonds is 6. The largest absolute Gasteiger partial charge is 0.380 e. The van der Waals surface area contributed by atoms with Crippen molar-refractivity contribution >= 4 is 5.91 Å². The van der Waals surface area contributed by atoms with Crippen molar-refractivity contribution in [2.24, 2.45) is 11.8 Å². The Morgan fingerprint density at radius 3 is 2.46 bits per heavy atom. The lowest BCUT2D eigenvalue weighted by atomic mass is 9.77. The molecule has 1 saturated heterocycles. The number of fused-ring (bicyclic) bond motifs is 1. The van der Waals surface area contributed by atoms with E-state index in [4.69, 9.17) is 4.74 Å². The van der Waals surface area contributed by atoms with Crippen LogP contribution in [0.1, 0.15) is 31.2 Å². The fraction of sp³-hybridized carbons (Fsp3) is 0.667. The monoisotopic (exact) mass is 362 g/mol. The summed E-state index contributed by atoms with van der Waals surface area (Å²) in [5.41, 5.74) is 1.09. The molecule has 1 aromatic carbocycles. The molecule has 144 valence electrons. The Morgan fingerprint density at radius 2 is 1.85 bits per heavy atom. The van der Waals surface area contributed by atoms with Gasteiger partial charge in [0.05, 0.1) is 6.10 Å². The van der Waals surface area contributed by atoms with Gasteiger partial charge in [-0.1, -0.05) is 12.1 Å². The van der Waals surface area contributed by atoms with E-state index in [1.807, 2.05) is 0 Å². The number of aryl methyl sites for hydroxylation is 1. The van der Waals surface area contributed by atoms with E-state index in [0.29, 0.717) is 24.3 Å². The lowest BCUT2D eigenvalue weighted by Crippen LogP contribution is -2.47. The number of hydrogen-bond acceptors (Lipinski definition) is 3. The molecule has 1 aromatic rings. The molecule has 0 radical (unpaired) electrons. The van der Waals surface area contributed by atoms with Gasteiger partial charge in [-0.05, 0) is 69.3 Å². The van der Waals surface area contributed by atoms with Gasteiger partial charge < -0.3 is 14.5 Å². The second kappa shape index (κ2) is 8.49. The first-order chi connectivity index (χ1) is 12.5. The van der Waals surface area contributed by atoms with Gasteiger partial charge in [-0.25, -0.2) is 4.39 Å². The van der Waals surface area contributed by atoms with Gasteiger partial charge in [0.2, 0.25) is 5.91 Å². The Kier molecular flexibility index (Phi) is 6.30. The van der Waals surface area contributed by atoms with Crippen LogP contribution in [0.4, 0.5) is 4.39 Å². The number of likely N-dealkylation sites (N-methyl/N-ethyl adjacent to an activating group) is 1. The minimum absolute atomic E-state index is 0.213. The van der Waals surface area contributed by atoms with E-state index in [-0.39, 0.29) is 17.8 Å². The number of methoxy groups -OCH3 is 1. The molecule has 4 nitrogen and oxygen atoms in total. The molecule has 1 amide bonds. The molecule has 1 heterocycles. The van der Waals surface area contributed by atoms with Crippen LogP contribution in [0.2, 0.25) is 0 Å². The molecule has 1 saturated carbocycles. The van der Waals surface area contributed by atoms with Gasteiger partial charge in [0.1, 0.15) is 5.82 Å². The third-order valence-corrected chi connectivity index (χ3v) is 6.17. The van der Waals surface area contributed by atoms with Gasteiger partial charge in [0, 0.05) is 32.7 Å². The lowest BCUT2D eigenvalue weighted by Gasteiger charge is -2.40. The molecule has 3 rings (SSSR count). The van der Waals surface area contributed by atoms with Crippen LogP contribution in [0.15, 0.2) is 24.3 Å². The minimum atomic E-state index is -0.213. The molecule has 0 bridgehead atoms. The first-order valence-corrected chi connectivity index (χ1v) is 9.69. The fourth-order valence-electron chi connectivity index (χ4n) is 4.64. The predicted molar refractivity (Wildman–Crippen MR) is 100 cm³/mol. The molecule has 0 unspecified atom stereocenters. The van der Waals surface area contributed by atoms with Crippen molar-refractivity contribution in [3.63, 3.8) is 0 Å². The Balaban J connectivity index is 1.48. The molecule has 5 heteroatoms. The predicted octanol–water partition coefficient (Wildman–Crippen LogP) is 2.96. The van der Waals surface area contributed by atoms with Crippen molar-refractivity contribution in [1.82, 2.24) is 9.80 Å². The van der Waals surface area contributed by atoms with Crippen molar-refractivity contribution in [3.8, 4) is 0 Å². The molecule has 1 aliphatic heterocycles. The zero-order valence-corrected chi connectivity index (χ0v) is 16.2. The first kappa shape index (κ1) is 19.3. The van der Waals surface area contributed by atoms with E-state index in [1.165, 1.54) is 12.1 Å². The maximum absolute atomic E-state index is 12.9. The number of halogens is 1. The maximum atomic E-state index is 12.9. The number of nitrogens with zero attached hydrogens (tertiary/aromatic N) is 2. The zero-order valence-electron chi connectivity index (χ0n) is 16.2. The standard InChI is InChI=1S/C21H31FN2O2/c1-23(2)19-11-16-13-24(14-17(16)12-20(19)26-3)21(25)6-4-5-15-7-9-18(22)10-8-15/h7-10,16-17,19-20H,4-6,11-14H2,1-3H3/t16-,17+,19-,20-/m1/s1. The quantitative estimate of drug-likeness (QED) is 0.780. The topological polar surface area (TPSA) is 32.8 Å². The summed E-state index contributed by atoms with van der Waals surface area (Å²) in [5, 5.41) is 0. The van der Waals surface area contributed by atoms with Crippen LogP contribution >= 0.6 is 0 Å². The lowest BCUT2D eigenvalue weighted by molar-refractivity contribution is -0.130. The average molecular weight is 362 g/mol. The normalized spacial score (nSPS) is 28.4. The second-order valence-electron chi connectivity index (χ2n) is 8.08. The van der Waals surface area contributed by atoms with Crippen molar-refractivity contribution < 1.29 is 13.9 Å². The van der Waals surface area contributed by atoms with Crippen molar-refractivity contribution in [2.75, 3.05) is 34.3 Å². The molecule has 2 fully saturated rings. The fourth-order valence-corrected chi connectivity index (χ4v) is 4.64. The van der Waals surface area contributed by atoms with Gasteiger partial charge in [0.25, 0.3) is 0 Å². The highest BCUT2D eigenvalue weighted by Gasteiger charge is 2.43. The Bertz CT molecular complexity index is 605. The number of likely N-dealkylation sites (tertiary alicyclic amines) is 1. The second-order valence-corrected chi connectivity index (χ2v) is 8.08. The average Bonchev–Trinajstić information content (AvgIpc) is 3.05. The van der Waals surface area contributed by atoms with Crippen LogP contribution in [0.25, 0.3) is 0 Å². The van der Waals surface area contributed by atoms with Gasteiger partial charge in [-0.3, -0.25) is 4.79 Å². The Morgan fingerprint density at radius 1 is 1.19 bits per heavy atom. The van der Waals surface area contributed by atoms with Crippen LogP contribution in [0.5, 0.6) is 0 Å². The summed E-state index contributed by atoms with van der Waals surface area (Å²) in [6.07, 6.45) is 4.62. The first-order valence-electron chi connectivity index (χ1n) is 9.69. The molecule has 2 aliphatic rings. The van der Waals surface area contributed by atoms with Gasteiger partial charge in [-0.15, -0.1) is 0 Å². The van der Waals surface area contributed by atoms with E-state index in [1.54, 1.807) is 19.2 Å². The summed E-state index contributed by atoms with van der Waals surface area (Å²) in [7, 11) is 6.03. The highest BCUT2D eigenvalue weighted by Crippen LogP contribution is 2.39. The van der Waals surface area contributed by atoms with E-state index >= 15 is 0 Å². The summed E-state index contributed by atoms with van der Waals surface area (Å²) in [6, 6.07) is 7.01. The summed E-state index contributed by atoms with van der Waals surface area (Å²) in [6.45, 7) is 1.76. The van der Waals surface area contributed by atoms with Crippen LogP contribution in [0.3, 0.4) is 0 Å². The molecule has 1 aliphatic carbocycles. The molecular weight excluding hydrogens is 331 g/mol. The Labute approximate surface area is 156 Å². The molecule has 26 heavy (non-hydrogen) atoms. The van der Waals surface area contributed by atoms with E-state index in [0.717, 1.165) is 44.3 Å². The van der Waals surface area contributed by atoms with Crippen LogP contribution < -0.4 is 0 Å². The number of carbonyl (C=O) groups excluding carboxylic acids is 1. The van der Waals surface area contributed by atoms with Crippen molar-refractivity contribution in [2.45, 2.75) is 44.2 Å². The molecular formula is C21H31FN2O2. The number of hydrogen-bond donors (Lipinski definition) is 0. The highest BCUT2D eigenvalue weighted by atomic mass is 19.1. The molecule has 0 aromatic heterocycles. The zero-order chi connectivity index (χ0) is 18.7. The van der Waals surface area contributed by atoms with Crippen LogP contribution in [-0.2, 0) is 16.0 Å². The van der Waals surface area contributed by atoms with Gasteiger partial charge in [-0.2, -0.15) is 0 Å².